The number of nitrogens with one attached hydrogen (secondary N) is 1. The Hall–Kier alpha value is -3.35. The lowest BCUT2D eigenvalue weighted by Gasteiger charge is -2.18. The molecule has 0 atom stereocenters. The summed E-state index contributed by atoms with van der Waals surface area (Å²) in [5, 5.41) is 2.46. The van der Waals surface area contributed by atoms with Crippen LogP contribution < -0.4 is 10.1 Å². The number of esters is 1. The van der Waals surface area contributed by atoms with Gasteiger partial charge in [-0.15, -0.1) is 0 Å². The molecule has 0 unspecified atom stereocenters. The number of ether oxygens (including phenoxy) is 2. The summed E-state index contributed by atoms with van der Waals surface area (Å²) in [7, 11) is 3.18. The number of rotatable bonds is 8. The molecule has 0 aliphatic rings. The first kappa shape index (κ1) is 21.0. The smallest absolute Gasteiger partial charge is 0.325 e. The Kier molecular flexibility index (Phi) is 7.56. The minimum atomic E-state index is -0.681. The van der Waals surface area contributed by atoms with E-state index in [9.17, 15) is 14.4 Å². The largest absolute Gasteiger partial charge is 0.497 e. The number of carbonyl (C=O) groups is 3. The molecule has 148 valence electrons. The van der Waals surface area contributed by atoms with Crippen molar-refractivity contribution in [2.24, 2.45) is 0 Å². The van der Waals surface area contributed by atoms with E-state index in [0.717, 1.165) is 11.1 Å². The summed E-state index contributed by atoms with van der Waals surface area (Å²) in [6.45, 7) is 1.70. The van der Waals surface area contributed by atoms with E-state index in [1.165, 1.54) is 12.0 Å². The standard InChI is InChI=1S/C21H24N2O5/c1-15-6-4-5-7-17(15)13-23(2)19(24)14-28-20(25)12-22-21(26)16-8-10-18(27-3)11-9-16/h4-11H,12-14H2,1-3H3,(H,22,26). The van der Waals surface area contributed by atoms with Gasteiger partial charge in [0.05, 0.1) is 7.11 Å². The van der Waals surface area contributed by atoms with Crippen LogP contribution in [0.1, 0.15) is 21.5 Å². The third-order valence-electron chi connectivity index (χ3n) is 4.20. The Morgan fingerprint density at radius 2 is 1.71 bits per heavy atom. The third-order valence-corrected chi connectivity index (χ3v) is 4.20. The Morgan fingerprint density at radius 1 is 1.04 bits per heavy atom. The van der Waals surface area contributed by atoms with Gasteiger partial charge in [0.15, 0.2) is 6.61 Å². The second-order valence-corrected chi connectivity index (χ2v) is 6.25. The van der Waals surface area contributed by atoms with Gasteiger partial charge in [-0.05, 0) is 42.3 Å². The molecule has 2 aromatic carbocycles. The number of hydrogen-bond acceptors (Lipinski definition) is 5. The van der Waals surface area contributed by atoms with Crippen LogP contribution in [0.4, 0.5) is 0 Å². The van der Waals surface area contributed by atoms with Crippen molar-refractivity contribution in [1.29, 1.82) is 0 Å². The number of benzene rings is 2. The van der Waals surface area contributed by atoms with Gasteiger partial charge in [-0.1, -0.05) is 24.3 Å². The molecule has 0 spiro atoms. The van der Waals surface area contributed by atoms with Crippen molar-refractivity contribution in [2.45, 2.75) is 13.5 Å². The van der Waals surface area contributed by atoms with E-state index < -0.39 is 11.9 Å². The maximum absolute atomic E-state index is 12.1. The second-order valence-electron chi connectivity index (χ2n) is 6.25. The molecule has 2 aromatic rings. The summed E-state index contributed by atoms with van der Waals surface area (Å²) in [5.74, 6) is -0.788. The molecular formula is C21H24N2O5. The highest BCUT2D eigenvalue weighted by atomic mass is 16.5. The summed E-state index contributed by atoms with van der Waals surface area (Å²) in [6.07, 6.45) is 0. The van der Waals surface area contributed by atoms with Crippen LogP contribution in [0.25, 0.3) is 0 Å². The topological polar surface area (TPSA) is 84.9 Å². The Morgan fingerprint density at radius 3 is 2.36 bits per heavy atom. The van der Waals surface area contributed by atoms with Gasteiger partial charge >= 0.3 is 5.97 Å². The van der Waals surface area contributed by atoms with E-state index in [0.29, 0.717) is 17.9 Å². The Labute approximate surface area is 164 Å². The minimum Gasteiger partial charge on any atom is -0.497 e. The van der Waals surface area contributed by atoms with E-state index in [4.69, 9.17) is 9.47 Å². The maximum atomic E-state index is 12.1. The van der Waals surface area contributed by atoms with Crippen molar-refractivity contribution in [3.05, 3.63) is 65.2 Å². The molecule has 7 heteroatoms. The molecule has 0 aliphatic carbocycles. The van der Waals surface area contributed by atoms with Crippen LogP contribution in [0.5, 0.6) is 5.75 Å². The number of aryl methyl sites for hydroxylation is 1. The Bertz CT molecular complexity index is 833. The zero-order chi connectivity index (χ0) is 20.5. The molecule has 2 rings (SSSR count). The van der Waals surface area contributed by atoms with Gasteiger partial charge in [-0.3, -0.25) is 14.4 Å². The zero-order valence-corrected chi connectivity index (χ0v) is 16.2. The van der Waals surface area contributed by atoms with Crippen LogP contribution in [0.3, 0.4) is 0 Å². The number of amides is 2. The van der Waals surface area contributed by atoms with Gasteiger partial charge in [0, 0.05) is 19.2 Å². The van der Waals surface area contributed by atoms with Gasteiger partial charge in [0.2, 0.25) is 0 Å². The SMILES string of the molecule is COc1ccc(C(=O)NCC(=O)OCC(=O)N(C)Cc2ccccc2C)cc1. The monoisotopic (exact) mass is 384 g/mol. The third kappa shape index (κ3) is 6.12. The van der Waals surface area contributed by atoms with Gasteiger partial charge in [0.25, 0.3) is 11.8 Å². The molecule has 0 aliphatic heterocycles. The molecule has 0 aromatic heterocycles. The molecule has 0 fully saturated rings. The highest BCUT2D eigenvalue weighted by Crippen LogP contribution is 2.11. The molecule has 0 saturated heterocycles. The highest BCUT2D eigenvalue weighted by molar-refractivity contribution is 5.96. The van der Waals surface area contributed by atoms with Crippen LogP contribution in [-0.4, -0.2) is 50.0 Å². The predicted molar refractivity (Wildman–Crippen MR) is 104 cm³/mol. The van der Waals surface area contributed by atoms with Gasteiger partial charge in [-0.2, -0.15) is 0 Å². The van der Waals surface area contributed by atoms with E-state index in [1.54, 1.807) is 31.3 Å². The molecule has 0 bridgehead atoms. The molecule has 1 N–H and O–H groups in total. The Balaban J connectivity index is 1.74. The molecule has 0 saturated carbocycles. The van der Waals surface area contributed by atoms with E-state index >= 15 is 0 Å². The van der Waals surface area contributed by atoms with Crippen molar-refractivity contribution in [3.63, 3.8) is 0 Å². The van der Waals surface area contributed by atoms with Crippen LogP contribution in [-0.2, 0) is 20.9 Å². The lowest BCUT2D eigenvalue weighted by atomic mass is 10.1. The van der Waals surface area contributed by atoms with Gasteiger partial charge in [-0.25, -0.2) is 0 Å². The zero-order valence-electron chi connectivity index (χ0n) is 16.2. The molecular weight excluding hydrogens is 360 g/mol. The number of methoxy groups -OCH3 is 1. The van der Waals surface area contributed by atoms with E-state index in [1.807, 2.05) is 31.2 Å². The summed E-state index contributed by atoms with van der Waals surface area (Å²) in [6, 6.07) is 14.2. The number of hydrogen-bond donors (Lipinski definition) is 1. The lowest BCUT2D eigenvalue weighted by molar-refractivity contribution is -0.150. The van der Waals surface area contributed by atoms with Crippen LogP contribution >= 0.6 is 0 Å². The summed E-state index contributed by atoms with van der Waals surface area (Å²) in [4.78, 5) is 37.4. The molecule has 0 radical (unpaired) electrons. The minimum absolute atomic E-state index is 0.320. The first-order valence-corrected chi connectivity index (χ1v) is 8.77. The first-order chi connectivity index (χ1) is 13.4. The average molecular weight is 384 g/mol. The fourth-order valence-corrected chi connectivity index (χ4v) is 2.43. The molecule has 2 amide bonds. The van der Waals surface area contributed by atoms with Crippen molar-refractivity contribution in [2.75, 3.05) is 27.3 Å². The summed E-state index contributed by atoms with van der Waals surface area (Å²) in [5.41, 5.74) is 2.50. The number of carbonyl (C=O) groups excluding carboxylic acids is 3. The van der Waals surface area contributed by atoms with Crippen molar-refractivity contribution in [1.82, 2.24) is 10.2 Å². The van der Waals surface area contributed by atoms with Crippen molar-refractivity contribution in [3.8, 4) is 5.75 Å². The second kappa shape index (κ2) is 10.1. The van der Waals surface area contributed by atoms with Crippen LogP contribution in [0.2, 0.25) is 0 Å². The molecule has 28 heavy (non-hydrogen) atoms. The maximum Gasteiger partial charge on any atom is 0.325 e. The molecule has 0 heterocycles. The fourth-order valence-electron chi connectivity index (χ4n) is 2.43. The summed E-state index contributed by atoms with van der Waals surface area (Å²) >= 11 is 0. The van der Waals surface area contributed by atoms with E-state index in [2.05, 4.69) is 5.32 Å². The van der Waals surface area contributed by atoms with Gasteiger partial charge < -0.3 is 19.7 Å². The first-order valence-electron chi connectivity index (χ1n) is 8.77. The average Bonchev–Trinajstić information content (AvgIpc) is 2.71. The number of likely N-dealkylation sites (N-methyl/N-ethyl adjacent to an activating group) is 1. The lowest BCUT2D eigenvalue weighted by Crippen LogP contribution is -2.34. The van der Waals surface area contributed by atoms with Crippen LogP contribution in [0, 0.1) is 6.92 Å². The van der Waals surface area contributed by atoms with Gasteiger partial charge in [0.1, 0.15) is 12.3 Å². The van der Waals surface area contributed by atoms with Crippen molar-refractivity contribution >= 4 is 17.8 Å². The quantitative estimate of drug-likeness (QED) is 0.703. The summed E-state index contributed by atoms with van der Waals surface area (Å²) < 4.78 is 9.97. The van der Waals surface area contributed by atoms with Crippen LogP contribution in [0.15, 0.2) is 48.5 Å². The number of nitrogens with zero attached hydrogens (tertiary/aromatic N) is 1. The highest BCUT2D eigenvalue weighted by Gasteiger charge is 2.14. The van der Waals surface area contributed by atoms with E-state index in [-0.39, 0.29) is 19.1 Å². The van der Waals surface area contributed by atoms with Crippen molar-refractivity contribution < 1.29 is 23.9 Å². The molecule has 7 nitrogen and oxygen atoms in total. The predicted octanol–water partition coefficient (Wildman–Crippen LogP) is 1.94. The normalized spacial score (nSPS) is 10.1. The fraction of sp³-hybridized carbons (Fsp3) is 0.286.